The summed E-state index contributed by atoms with van der Waals surface area (Å²) in [6.07, 6.45) is 7.74. The molecule has 1 saturated carbocycles. The topological polar surface area (TPSA) is 35.2 Å². The summed E-state index contributed by atoms with van der Waals surface area (Å²) in [5, 5.41) is 2.12. The van der Waals surface area contributed by atoms with Gasteiger partial charge in [0.1, 0.15) is 0 Å². The molecule has 2 unspecified atom stereocenters. The quantitative estimate of drug-likeness (QED) is 0.885. The van der Waals surface area contributed by atoms with Crippen LogP contribution in [0.25, 0.3) is 0 Å². The van der Waals surface area contributed by atoms with E-state index in [9.17, 15) is 0 Å². The van der Waals surface area contributed by atoms with E-state index in [2.05, 4.69) is 27.4 Å². The van der Waals surface area contributed by atoms with Crippen LogP contribution in [0.3, 0.4) is 0 Å². The second-order valence-electron chi connectivity index (χ2n) is 5.20. The Hall–Kier alpha value is 0.1000. The van der Waals surface area contributed by atoms with Crippen LogP contribution in [0.5, 0.6) is 0 Å². The molecule has 0 bridgehead atoms. The van der Waals surface area contributed by atoms with E-state index in [-0.39, 0.29) is 12.1 Å². The minimum Gasteiger partial charge on any atom is -0.380 e. The maximum atomic E-state index is 6.37. The van der Waals surface area contributed by atoms with Crippen molar-refractivity contribution in [1.82, 2.24) is 0 Å². The van der Waals surface area contributed by atoms with Crippen LogP contribution in [0.1, 0.15) is 37.0 Å². The van der Waals surface area contributed by atoms with Crippen molar-refractivity contribution in [2.24, 2.45) is 11.7 Å². The standard InChI is InChI=1S/C14H22BrNOS/c1-17-14(10-5-3-2-4-6-10)13(16)8-12-7-11(15)9-18-12/h7,9-10,13-14H,2-6,8,16H2,1H3. The molecule has 1 heterocycles. The van der Waals surface area contributed by atoms with Crippen LogP contribution in [-0.4, -0.2) is 19.3 Å². The van der Waals surface area contributed by atoms with Gasteiger partial charge < -0.3 is 10.5 Å². The van der Waals surface area contributed by atoms with E-state index in [0.29, 0.717) is 5.92 Å². The van der Waals surface area contributed by atoms with Crippen molar-refractivity contribution >= 4 is 27.3 Å². The second-order valence-corrected chi connectivity index (χ2v) is 7.11. The fourth-order valence-corrected chi connectivity index (χ4v) is 4.51. The Bertz CT molecular complexity index is 362. The van der Waals surface area contributed by atoms with Crippen molar-refractivity contribution in [2.75, 3.05) is 7.11 Å². The predicted octanol–water partition coefficient (Wildman–Crippen LogP) is 3.98. The summed E-state index contributed by atoms with van der Waals surface area (Å²) in [6, 6.07) is 2.28. The number of nitrogens with two attached hydrogens (primary N) is 1. The molecule has 0 amide bonds. The second kappa shape index (κ2) is 7.04. The van der Waals surface area contributed by atoms with Gasteiger partial charge in [-0.1, -0.05) is 19.3 Å². The average molecular weight is 332 g/mol. The van der Waals surface area contributed by atoms with Gasteiger partial charge in [-0.2, -0.15) is 0 Å². The fraction of sp³-hybridized carbons (Fsp3) is 0.714. The van der Waals surface area contributed by atoms with Crippen LogP contribution in [0, 0.1) is 5.92 Å². The molecular weight excluding hydrogens is 310 g/mol. The molecular formula is C14H22BrNOS. The van der Waals surface area contributed by atoms with Gasteiger partial charge in [-0.15, -0.1) is 11.3 Å². The van der Waals surface area contributed by atoms with Crippen LogP contribution in [0.15, 0.2) is 15.9 Å². The zero-order valence-electron chi connectivity index (χ0n) is 10.9. The summed E-state index contributed by atoms with van der Waals surface area (Å²) >= 11 is 5.26. The monoisotopic (exact) mass is 331 g/mol. The molecule has 2 N–H and O–H groups in total. The van der Waals surface area contributed by atoms with Crippen LogP contribution >= 0.6 is 27.3 Å². The Morgan fingerprint density at radius 1 is 1.44 bits per heavy atom. The fourth-order valence-electron chi connectivity index (χ4n) is 2.99. The molecule has 0 saturated heterocycles. The number of ether oxygens (including phenoxy) is 1. The molecule has 0 spiro atoms. The van der Waals surface area contributed by atoms with Crippen molar-refractivity contribution in [3.8, 4) is 0 Å². The summed E-state index contributed by atoms with van der Waals surface area (Å²) in [5.74, 6) is 0.655. The molecule has 0 aromatic carbocycles. The van der Waals surface area contributed by atoms with E-state index in [1.54, 1.807) is 11.3 Å². The van der Waals surface area contributed by atoms with Gasteiger partial charge in [-0.05, 0) is 47.2 Å². The first-order valence-corrected chi connectivity index (χ1v) is 8.39. The van der Waals surface area contributed by atoms with Gasteiger partial charge in [0.05, 0.1) is 6.10 Å². The molecule has 2 rings (SSSR count). The molecule has 1 fully saturated rings. The number of rotatable bonds is 5. The minimum absolute atomic E-state index is 0.114. The molecule has 2 atom stereocenters. The third-order valence-corrected chi connectivity index (χ3v) is 5.59. The summed E-state index contributed by atoms with van der Waals surface area (Å²) in [5.41, 5.74) is 6.37. The minimum atomic E-state index is 0.114. The van der Waals surface area contributed by atoms with E-state index in [1.165, 1.54) is 37.0 Å². The first-order valence-electron chi connectivity index (χ1n) is 6.72. The smallest absolute Gasteiger partial charge is 0.0753 e. The highest BCUT2D eigenvalue weighted by Gasteiger charge is 2.28. The molecule has 1 aliphatic carbocycles. The Balaban J connectivity index is 1.93. The van der Waals surface area contributed by atoms with Gasteiger partial charge in [-0.3, -0.25) is 0 Å². The number of hydrogen-bond acceptors (Lipinski definition) is 3. The van der Waals surface area contributed by atoms with Crippen LogP contribution in [0.2, 0.25) is 0 Å². The van der Waals surface area contributed by atoms with Gasteiger partial charge in [0.25, 0.3) is 0 Å². The first kappa shape index (κ1) is 14.5. The summed E-state index contributed by atoms with van der Waals surface area (Å²) < 4.78 is 6.85. The van der Waals surface area contributed by atoms with Gasteiger partial charge in [-0.25, -0.2) is 0 Å². The van der Waals surface area contributed by atoms with Crippen LogP contribution < -0.4 is 5.73 Å². The molecule has 1 aromatic rings. The lowest BCUT2D eigenvalue weighted by molar-refractivity contribution is 0.0180. The highest BCUT2D eigenvalue weighted by Crippen LogP contribution is 2.30. The Labute approximate surface area is 122 Å². The van der Waals surface area contributed by atoms with E-state index in [0.717, 1.165) is 10.9 Å². The summed E-state index contributed by atoms with van der Waals surface area (Å²) in [6.45, 7) is 0. The van der Waals surface area contributed by atoms with E-state index < -0.39 is 0 Å². The lowest BCUT2D eigenvalue weighted by Crippen LogP contribution is -2.43. The zero-order chi connectivity index (χ0) is 13.0. The van der Waals surface area contributed by atoms with Crippen LogP contribution in [0.4, 0.5) is 0 Å². The number of hydrogen-bond donors (Lipinski definition) is 1. The molecule has 0 radical (unpaired) electrons. The van der Waals surface area contributed by atoms with E-state index in [1.807, 2.05) is 7.11 Å². The molecule has 102 valence electrons. The summed E-state index contributed by atoms with van der Waals surface area (Å²) in [7, 11) is 1.81. The highest BCUT2D eigenvalue weighted by atomic mass is 79.9. The van der Waals surface area contributed by atoms with Crippen molar-refractivity contribution in [2.45, 2.75) is 50.7 Å². The molecule has 4 heteroatoms. The SMILES string of the molecule is COC(C(N)Cc1cc(Br)cs1)C1CCCCC1. The highest BCUT2D eigenvalue weighted by molar-refractivity contribution is 9.10. The number of halogens is 1. The lowest BCUT2D eigenvalue weighted by atomic mass is 9.82. The zero-order valence-corrected chi connectivity index (χ0v) is 13.3. The molecule has 18 heavy (non-hydrogen) atoms. The average Bonchev–Trinajstić information content (AvgIpc) is 2.77. The van der Waals surface area contributed by atoms with Crippen molar-refractivity contribution in [1.29, 1.82) is 0 Å². The van der Waals surface area contributed by atoms with E-state index >= 15 is 0 Å². The summed E-state index contributed by atoms with van der Waals surface area (Å²) in [4.78, 5) is 1.34. The van der Waals surface area contributed by atoms with Crippen molar-refractivity contribution in [3.05, 3.63) is 20.8 Å². The first-order chi connectivity index (χ1) is 8.70. The number of methoxy groups -OCH3 is 1. The normalized spacial score (nSPS) is 20.8. The maximum absolute atomic E-state index is 6.37. The maximum Gasteiger partial charge on any atom is 0.0753 e. The van der Waals surface area contributed by atoms with Crippen molar-refractivity contribution in [3.63, 3.8) is 0 Å². The lowest BCUT2D eigenvalue weighted by Gasteiger charge is -2.33. The molecule has 0 aliphatic heterocycles. The Kier molecular flexibility index (Phi) is 5.67. The van der Waals surface area contributed by atoms with Gasteiger partial charge in [0, 0.05) is 27.9 Å². The Morgan fingerprint density at radius 2 is 2.17 bits per heavy atom. The van der Waals surface area contributed by atoms with Gasteiger partial charge in [0.15, 0.2) is 0 Å². The molecule has 2 nitrogen and oxygen atoms in total. The van der Waals surface area contributed by atoms with Crippen LogP contribution in [-0.2, 0) is 11.2 Å². The number of thiophene rings is 1. The third-order valence-electron chi connectivity index (χ3n) is 3.87. The molecule has 1 aliphatic rings. The molecule has 1 aromatic heterocycles. The largest absolute Gasteiger partial charge is 0.380 e. The Morgan fingerprint density at radius 3 is 2.72 bits per heavy atom. The van der Waals surface area contributed by atoms with Gasteiger partial charge in [0.2, 0.25) is 0 Å². The van der Waals surface area contributed by atoms with Crippen molar-refractivity contribution < 1.29 is 4.74 Å². The predicted molar refractivity (Wildman–Crippen MR) is 81.1 cm³/mol. The van der Waals surface area contributed by atoms with E-state index in [4.69, 9.17) is 10.5 Å². The third kappa shape index (κ3) is 3.80. The van der Waals surface area contributed by atoms with Gasteiger partial charge >= 0.3 is 0 Å².